The van der Waals surface area contributed by atoms with Gasteiger partial charge < -0.3 is 15.5 Å². The fourth-order valence-electron chi connectivity index (χ4n) is 3.69. The van der Waals surface area contributed by atoms with Crippen LogP contribution in [0, 0.1) is 30.3 Å². The smallest absolute Gasteiger partial charge is 0.308 e. The third-order valence-electron chi connectivity index (χ3n) is 5.61. The highest BCUT2D eigenvalue weighted by atomic mass is 35.5. The lowest BCUT2D eigenvalue weighted by atomic mass is 9.96. The Hall–Kier alpha value is -3.53. The zero-order valence-electron chi connectivity index (χ0n) is 18.2. The highest BCUT2D eigenvalue weighted by Gasteiger charge is 2.31. The molecule has 2 aromatic carbocycles. The Bertz CT molecular complexity index is 1340. The minimum atomic E-state index is -1.37. The minimum Gasteiger partial charge on any atom is -0.503 e. The van der Waals surface area contributed by atoms with Gasteiger partial charge in [-0.25, -0.2) is 13.2 Å². The Labute approximate surface area is 196 Å². The maximum atomic E-state index is 15.0. The van der Waals surface area contributed by atoms with Gasteiger partial charge in [-0.05, 0) is 37.6 Å². The lowest BCUT2D eigenvalue weighted by molar-refractivity contribution is -0.141. The number of aromatic nitrogens is 1. The van der Waals surface area contributed by atoms with Crippen molar-refractivity contribution >= 4 is 40.3 Å². The molecule has 2 atom stereocenters. The molecule has 0 saturated heterocycles. The molecule has 0 aliphatic carbocycles. The number of benzene rings is 2. The number of phenols is 1. The van der Waals surface area contributed by atoms with Crippen LogP contribution in [0.5, 0.6) is 5.75 Å². The van der Waals surface area contributed by atoms with Crippen LogP contribution in [0.3, 0.4) is 0 Å². The number of carbonyl (C=O) groups is 3. The number of aromatic hydroxyl groups is 1. The van der Waals surface area contributed by atoms with Crippen LogP contribution >= 0.6 is 11.6 Å². The molecular formula is C23H20ClF3N2O5. The van der Waals surface area contributed by atoms with Crippen molar-refractivity contribution in [3.05, 3.63) is 63.6 Å². The lowest BCUT2D eigenvalue weighted by Crippen LogP contribution is -2.34. The van der Waals surface area contributed by atoms with E-state index in [1.54, 1.807) is 0 Å². The van der Waals surface area contributed by atoms with Crippen LogP contribution in [0.25, 0.3) is 10.9 Å². The molecule has 7 nitrogen and oxygen atoms in total. The predicted octanol–water partition coefficient (Wildman–Crippen LogP) is 4.35. The van der Waals surface area contributed by atoms with Crippen molar-refractivity contribution in [2.45, 2.75) is 26.7 Å². The third kappa shape index (κ3) is 4.33. The number of nitrogens with one attached hydrogen (secondary N) is 1. The number of carbonyl (C=O) groups excluding carboxylic acids is 2. The molecule has 34 heavy (non-hydrogen) atoms. The summed E-state index contributed by atoms with van der Waals surface area (Å²) in [6.07, 6.45) is 0. The van der Waals surface area contributed by atoms with E-state index in [0.29, 0.717) is 0 Å². The average Bonchev–Trinajstić information content (AvgIpc) is 3.07. The third-order valence-corrected chi connectivity index (χ3v) is 5.92. The number of phenolic OH excluding ortho intramolecular Hbond substituents is 1. The Morgan fingerprint density at radius 2 is 1.76 bits per heavy atom. The van der Waals surface area contributed by atoms with Gasteiger partial charge in [0.05, 0.1) is 22.4 Å². The van der Waals surface area contributed by atoms with E-state index in [0.717, 1.165) is 22.8 Å². The number of hydrogen-bond donors (Lipinski definition) is 3. The first kappa shape index (κ1) is 25.1. The Balaban J connectivity index is 2.19. The molecule has 3 rings (SSSR count). The Morgan fingerprint density at radius 3 is 2.35 bits per heavy atom. The van der Waals surface area contributed by atoms with Gasteiger partial charge in [0.2, 0.25) is 5.91 Å². The molecule has 0 fully saturated rings. The van der Waals surface area contributed by atoms with E-state index in [9.17, 15) is 28.3 Å². The van der Waals surface area contributed by atoms with E-state index in [4.69, 9.17) is 16.7 Å². The van der Waals surface area contributed by atoms with Gasteiger partial charge in [-0.2, -0.15) is 0 Å². The largest absolute Gasteiger partial charge is 0.503 e. The van der Waals surface area contributed by atoms with Crippen molar-refractivity contribution in [3.8, 4) is 5.75 Å². The first-order valence-corrected chi connectivity index (χ1v) is 10.5. The number of carboxylic acid groups (broad SMARTS) is 1. The molecule has 3 aromatic rings. The minimum absolute atomic E-state index is 0.0222. The summed E-state index contributed by atoms with van der Waals surface area (Å²) in [5.74, 6) is -9.55. The number of hydrogen-bond acceptors (Lipinski definition) is 4. The van der Waals surface area contributed by atoms with Gasteiger partial charge in [0.25, 0.3) is 5.91 Å². The predicted molar refractivity (Wildman–Crippen MR) is 118 cm³/mol. The van der Waals surface area contributed by atoms with Crippen LogP contribution in [0.2, 0.25) is 5.02 Å². The number of rotatable bonds is 6. The van der Waals surface area contributed by atoms with E-state index in [1.807, 2.05) is 0 Å². The standard InChI is InChI=1S/C23H20ClF3N2O5/c1-9(23(33)34)8-28-21(31)10(2)17-11(3)29(16-7-15(26)20(30)19(27)18(16)17)22(32)12-4-5-13(24)14(25)6-12/h4-7,9-10,30H,8H2,1-3H3,(H,28,31)(H,33,34)/t9-,10?/m1/s1. The van der Waals surface area contributed by atoms with Crippen LogP contribution < -0.4 is 5.32 Å². The van der Waals surface area contributed by atoms with E-state index in [-0.39, 0.29) is 39.3 Å². The Morgan fingerprint density at radius 1 is 1.12 bits per heavy atom. The second-order valence-corrected chi connectivity index (χ2v) is 8.30. The molecule has 0 bridgehead atoms. The molecule has 1 unspecified atom stereocenters. The van der Waals surface area contributed by atoms with Gasteiger partial charge in [-0.15, -0.1) is 0 Å². The maximum absolute atomic E-state index is 15.0. The molecule has 0 spiro atoms. The molecule has 3 N–H and O–H groups in total. The summed E-state index contributed by atoms with van der Waals surface area (Å²) in [6.45, 7) is 3.95. The van der Waals surface area contributed by atoms with Crippen molar-refractivity contribution < 1.29 is 37.8 Å². The molecule has 0 radical (unpaired) electrons. The van der Waals surface area contributed by atoms with E-state index < -0.39 is 52.8 Å². The summed E-state index contributed by atoms with van der Waals surface area (Å²) in [4.78, 5) is 37.0. The zero-order valence-corrected chi connectivity index (χ0v) is 19.0. The highest BCUT2D eigenvalue weighted by Crippen LogP contribution is 2.38. The molecule has 180 valence electrons. The number of carboxylic acids is 1. The SMILES string of the molecule is Cc1c(C(C)C(=O)NC[C@@H](C)C(=O)O)c2c(F)c(O)c(F)cc2n1C(=O)c1ccc(Cl)c(F)c1. The van der Waals surface area contributed by atoms with E-state index >= 15 is 4.39 Å². The molecular weight excluding hydrogens is 477 g/mol. The number of fused-ring (bicyclic) bond motifs is 1. The first-order valence-electron chi connectivity index (χ1n) is 10.1. The van der Waals surface area contributed by atoms with Crippen LogP contribution in [0.15, 0.2) is 24.3 Å². The first-order chi connectivity index (χ1) is 15.9. The van der Waals surface area contributed by atoms with Crippen molar-refractivity contribution in [2.75, 3.05) is 6.54 Å². The monoisotopic (exact) mass is 496 g/mol. The number of halogens is 4. The van der Waals surface area contributed by atoms with Crippen molar-refractivity contribution in [2.24, 2.45) is 5.92 Å². The van der Waals surface area contributed by atoms with Crippen LogP contribution in [-0.2, 0) is 9.59 Å². The normalized spacial score (nSPS) is 13.0. The molecule has 0 aliphatic rings. The fourth-order valence-corrected chi connectivity index (χ4v) is 3.80. The van der Waals surface area contributed by atoms with Gasteiger partial charge in [-0.1, -0.05) is 18.5 Å². The second kappa shape index (κ2) is 9.38. The van der Waals surface area contributed by atoms with Crippen molar-refractivity contribution in [1.29, 1.82) is 0 Å². The lowest BCUT2D eigenvalue weighted by Gasteiger charge is -2.15. The fraction of sp³-hybridized carbons (Fsp3) is 0.261. The molecule has 11 heteroatoms. The summed E-state index contributed by atoms with van der Waals surface area (Å²) in [5, 5.41) is 20.7. The highest BCUT2D eigenvalue weighted by molar-refractivity contribution is 6.30. The summed E-state index contributed by atoms with van der Waals surface area (Å²) >= 11 is 5.67. The maximum Gasteiger partial charge on any atom is 0.308 e. The zero-order chi connectivity index (χ0) is 25.5. The van der Waals surface area contributed by atoms with Gasteiger partial charge >= 0.3 is 5.97 Å². The summed E-state index contributed by atoms with van der Waals surface area (Å²) in [7, 11) is 0. The second-order valence-electron chi connectivity index (χ2n) is 7.89. The quantitative estimate of drug-likeness (QED) is 0.470. The van der Waals surface area contributed by atoms with E-state index in [1.165, 1.54) is 26.8 Å². The van der Waals surface area contributed by atoms with Crippen LogP contribution in [-0.4, -0.2) is 39.1 Å². The van der Waals surface area contributed by atoms with Crippen LogP contribution in [0.4, 0.5) is 13.2 Å². The van der Waals surface area contributed by atoms with Gasteiger partial charge in [0.15, 0.2) is 17.4 Å². The van der Waals surface area contributed by atoms with Gasteiger partial charge in [0.1, 0.15) is 5.82 Å². The molecule has 1 aromatic heterocycles. The summed E-state index contributed by atoms with van der Waals surface area (Å²) < 4.78 is 44.1. The van der Waals surface area contributed by atoms with Crippen molar-refractivity contribution in [3.63, 3.8) is 0 Å². The molecule has 1 amide bonds. The van der Waals surface area contributed by atoms with Gasteiger partial charge in [0, 0.05) is 29.3 Å². The summed E-state index contributed by atoms with van der Waals surface area (Å²) in [5.41, 5.74) is -0.423. The van der Waals surface area contributed by atoms with Crippen molar-refractivity contribution in [1.82, 2.24) is 9.88 Å². The van der Waals surface area contributed by atoms with E-state index in [2.05, 4.69) is 5.32 Å². The van der Waals surface area contributed by atoms with Gasteiger partial charge in [-0.3, -0.25) is 19.0 Å². The number of nitrogens with zero attached hydrogens (tertiary/aromatic N) is 1. The summed E-state index contributed by atoms with van der Waals surface area (Å²) in [6, 6.07) is 3.99. The number of amides is 1. The Kier molecular flexibility index (Phi) is 6.92. The average molecular weight is 497 g/mol. The number of aliphatic carboxylic acids is 1. The topological polar surface area (TPSA) is 109 Å². The molecule has 0 saturated carbocycles. The molecule has 0 aliphatic heterocycles. The molecule has 1 heterocycles. The van der Waals surface area contributed by atoms with Crippen LogP contribution in [0.1, 0.15) is 41.4 Å².